The highest BCUT2D eigenvalue weighted by atomic mass is 35.5. The van der Waals surface area contributed by atoms with Crippen molar-refractivity contribution in [3.05, 3.63) is 28.8 Å². The Balaban J connectivity index is 2.70. The second-order valence-corrected chi connectivity index (χ2v) is 5.01. The van der Waals surface area contributed by atoms with E-state index < -0.39 is 12.1 Å². The summed E-state index contributed by atoms with van der Waals surface area (Å²) in [7, 11) is 0. The van der Waals surface area contributed by atoms with Crippen LogP contribution in [0.5, 0.6) is 0 Å². The van der Waals surface area contributed by atoms with Gasteiger partial charge < -0.3 is 15.8 Å². The van der Waals surface area contributed by atoms with Gasteiger partial charge in [-0.25, -0.2) is 4.79 Å². The number of nitrogens with one attached hydrogen (secondary N) is 1. The second-order valence-electron chi connectivity index (χ2n) is 4.60. The number of carbonyl (C=O) groups excluding carboxylic acids is 2. The summed E-state index contributed by atoms with van der Waals surface area (Å²) in [5, 5.41) is 2.97. The summed E-state index contributed by atoms with van der Waals surface area (Å²) < 4.78 is 5.09. The van der Waals surface area contributed by atoms with Crippen molar-refractivity contribution in [3.8, 4) is 0 Å². The van der Waals surface area contributed by atoms with Crippen molar-refractivity contribution in [2.75, 3.05) is 5.73 Å². The lowest BCUT2D eigenvalue weighted by Gasteiger charge is -2.17. The molecule has 0 radical (unpaired) electrons. The van der Waals surface area contributed by atoms with E-state index in [1.807, 2.05) is 13.8 Å². The standard InChI is InChI=1S/C14H19ClN2O3/c1-4-8(2)17-13(18)9(3)20-14(19)11-7-10(16)5-6-12(11)15/h5-9H,4,16H2,1-3H3,(H,17,18). The van der Waals surface area contributed by atoms with E-state index in [9.17, 15) is 9.59 Å². The summed E-state index contributed by atoms with van der Waals surface area (Å²) in [5.74, 6) is -1.01. The van der Waals surface area contributed by atoms with Crippen LogP contribution < -0.4 is 11.1 Å². The summed E-state index contributed by atoms with van der Waals surface area (Å²) in [5.41, 5.74) is 6.14. The number of hydrogen-bond donors (Lipinski definition) is 2. The normalized spacial score (nSPS) is 13.4. The van der Waals surface area contributed by atoms with Gasteiger partial charge >= 0.3 is 5.97 Å². The molecule has 1 aromatic rings. The number of benzene rings is 1. The van der Waals surface area contributed by atoms with Crippen molar-refractivity contribution in [2.45, 2.75) is 39.3 Å². The number of esters is 1. The van der Waals surface area contributed by atoms with Crippen LogP contribution in [0.3, 0.4) is 0 Å². The average molecular weight is 299 g/mol. The SMILES string of the molecule is CCC(C)NC(=O)C(C)OC(=O)c1cc(N)ccc1Cl. The highest BCUT2D eigenvalue weighted by Gasteiger charge is 2.21. The van der Waals surface area contributed by atoms with E-state index in [0.717, 1.165) is 6.42 Å². The third-order valence-electron chi connectivity index (χ3n) is 2.86. The average Bonchev–Trinajstić information content (AvgIpc) is 2.40. The zero-order chi connectivity index (χ0) is 15.3. The maximum atomic E-state index is 11.9. The van der Waals surface area contributed by atoms with E-state index in [2.05, 4.69) is 5.32 Å². The van der Waals surface area contributed by atoms with Gasteiger partial charge in [0.25, 0.3) is 5.91 Å². The van der Waals surface area contributed by atoms with Crippen LogP contribution in [0.25, 0.3) is 0 Å². The molecular weight excluding hydrogens is 280 g/mol. The zero-order valence-corrected chi connectivity index (χ0v) is 12.5. The largest absolute Gasteiger partial charge is 0.449 e. The summed E-state index contributed by atoms with van der Waals surface area (Å²) in [6, 6.07) is 4.54. The van der Waals surface area contributed by atoms with E-state index in [-0.39, 0.29) is 22.5 Å². The first-order valence-electron chi connectivity index (χ1n) is 6.41. The molecule has 20 heavy (non-hydrogen) atoms. The molecule has 5 nitrogen and oxygen atoms in total. The van der Waals surface area contributed by atoms with E-state index in [4.69, 9.17) is 22.1 Å². The Labute approximate surface area is 123 Å². The van der Waals surface area contributed by atoms with Crippen molar-refractivity contribution in [1.82, 2.24) is 5.32 Å². The van der Waals surface area contributed by atoms with Gasteiger partial charge in [0.15, 0.2) is 6.10 Å². The van der Waals surface area contributed by atoms with Gasteiger partial charge in [0.05, 0.1) is 10.6 Å². The van der Waals surface area contributed by atoms with Gasteiger partial charge in [0.2, 0.25) is 0 Å². The van der Waals surface area contributed by atoms with Crippen molar-refractivity contribution < 1.29 is 14.3 Å². The molecule has 1 aromatic carbocycles. The lowest BCUT2D eigenvalue weighted by Crippen LogP contribution is -2.40. The monoisotopic (exact) mass is 298 g/mol. The fourth-order valence-corrected chi connectivity index (χ4v) is 1.63. The first kappa shape index (κ1) is 16.3. The van der Waals surface area contributed by atoms with Gasteiger partial charge in [-0.1, -0.05) is 18.5 Å². The smallest absolute Gasteiger partial charge is 0.340 e. The number of nitrogens with two attached hydrogens (primary N) is 1. The van der Waals surface area contributed by atoms with Crippen LogP contribution in [0, 0.1) is 0 Å². The van der Waals surface area contributed by atoms with Gasteiger partial charge in [-0.15, -0.1) is 0 Å². The first-order chi connectivity index (χ1) is 9.35. The first-order valence-corrected chi connectivity index (χ1v) is 6.79. The third kappa shape index (κ3) is 4.42. The molecule has 110 valence electrons. The number of ether oxygens (including phenoxy) is 1. The predicted octanol–water partition coefficient (Wildman–Crippen LogP) is 2.38. The molecule has 0 saturated carbocycles. The van der Waals surface area contributed by atoms with Gasteiger partial charge in [-0.3, -0.25) is 4.79 Å². The van der Waals surface area contributed by atoms with Gasteiger partial charge in [0, 0.05) is 11.7 Å². The van der Waals surface area contributed by atoms with Gasteiger partial charge in [0.1, 0.15) is 0 Å². The maximum Gasteiger partial charge on any atom is 0.340 e. The molecule has 1 rings (SSSR count). The number of carbonyl (C=O) groups is 2. The van der Waals surface area contributed by atoms with Crippen LogP contribution in [-0.2, 0) is 9.53 Å². The molecule has 2 atom stereocenters. The minimum absolute atomic E-state index is 0.0274. The molecule has 0 saturated heterocycles. The Kier molecular flexibility index (Phi) is 5.82. The number of anilines is 1. The fourth-order valence-electron chi connectivity index (χ4n) is 1.44. The van der Waals surface area contributed by atoms with Crippen molar-refractivity contribution in [1.29, 1.82) is 0 Å². The Morgan fingerprint density at radius 3 is 2.65 bits per heavy atom. The highest BCUT2D eigenvalue weighted by molar-refractivity contribution is 6.33. The topological polar surface area (TPSA) is 81.4 Å². The van der Waals surface area contributed by atoms with Crippen LogP contribution in [0.15, 0.2) is 18.2 Å². The Hall–Kier alpha value is -1.75. The van der Waals surface area contributed by atoms with E-state index in [0.29, 0.717) is 5.69 Å². The molecule has 6 heteroatoms. The lowest BCUT2D eigenvalue weighted by molar-refractivity contribution is -0.129. The van der Waals surface area contributed by atoms with Crippen molar-refractivity contribution >= 4 is 29.2 Å². The maximum absolute atomic E-state index is 11.9. The van der Waals surface area contributed by atoms with Crippen molar-refractivity contribution in [3.63, 3.8) is 0 Å². The molecule has 0 aliphatic heterocycles. The predicted molar refractivity (Wildman–Crippen MR) is 78.6 cm³/mol. The minimum Gasteiger partial charge on any atom is -0.449 e. The molecule has 0 bridgehead atoms. The Bertz CT molecular complexity index is 505. The number of rotatable bonds is 5. The summed E-state index contributed by atoms with van der Waals surface area (Å²) in [4.78, 5) is 23.7. The summed E-state index contributed by atoms with van der Waals surface area (Å²) in [6.45, 7) is 5.34. The minimum atomic E-state index is -0.894. The quantitative estimate of drug-likeness (QED) is 0.646. The molecular formula is C14H19ClN2O3. The van der Waals surface area contributed by atoms with E-state index in [1.165, 1.54) is 19.1 Å². The molecule has 0 spiro atoms. The highest BCUT2D eigenvalue weighted by Crippen LogP contribution is 2.20. The fraction of sp³-hybridized carbons (Fsp3) is 0.429. The zero-order valence-electron chi connectivity index (χ0n) is 11.8. The van der Waals surface area contributed by atoms with Crippen LogP contribution in [0.1, 0.15) is 37.6 Å². The number of nitrogen functional groups attached to an aromatic ring is 1. The van der Waals surface area contributed by atoms with Crippen LogP contribution in [0.2, 0.25) is 5.02 Å². The molecule has 3 N–H and O–H groups in total. The van der Waals surface area contributed by atoms with Crippen LogP contribution in [-0.4, -0.2) is 24.0 Å². The molecule has 0 aromatic heterocycles. The Morgan fingerprint density at radius 2 is 2.05 bits per heavy atom. The van der Waals surface area contributed by atoms with Crippen LogP contribution in [0.4, 0.5) is 5.69 Å². The molecule has 0 heterocycles. The van der Waals surface area contributed by atoms with E-state index in [1.54, 1.807) is 6.07 Å². The number of hydrogen-bond acceptors (Lipinski definition) is 4. The lowest BCUT2D eigenvalue weighted by atomic mass is 10.2. The second kappa shape index (κ2) is 7.14. The molecule has 0 aliphatic rings. The van der Waals surface area contributed by atoms with Crippen LogP contribution >= 0.6 is 11.6 Å². The van der Waals surface area contributed by atoms with E-state index >= 15 is 0 Å². The molecule has 0 fully saturated rings. The third-order valence-corrected chi connectivity index (χ3v) is 3.19. The molecule has 0 aliphatic carbocycles. The molecule has 1 amide bonds. The number of amides is 1. The van der Waals surface area contributed by atoms with Crippen molar-refractivity contribution in [2.24, 2.45) is 0 Å². The molecule has 2 unspecified atom stereocenters. The summed E-state index contributed by atoms with van der Waals surface area (Å²) >= 11 is 5.90. The van der Waals surface area contributed by atoms with Gasteiger partial charge in [-0.05, 0) is 38.5 Å². The Morgan fingerprint density at radius 1 is 1.40 bits per heavy atom. The van der Waals surface area contributed by atoms with Gasteiger partial charge in [-0.2, -0.15) is 0 Å². The summed E-state index contributed by atoms with van der Waals surface area (Å²) in [6.07, 6.45) is -0.0954. The number of halogens is 1.